The first-order valence-corrected chi connectivity index (χ1v) is 11.4. The van der Waals surface area contributed by atoms with Crippen molar-refractivity contribution in [3.05, 3.63) is 59.7 Å². The van der Waals surface area contributed by atoms with Gasteiger partial charge in [0.25, 0.3) is 0 Å². The quantitative estimate of drug-likeness (QED) is 0.614. The van der Waals surface area contributed by atoms with Crippen molar-refractivity contribution in [3.63, 3.8) is 0 Å². The second-order valence-corrected chi connectivity index (χ2v) is 8.35. The smallest absolute Gasteiger partial charge is 0.138 e. The van der Waals surface area contributed by atoms with Crippen LogP contribution in [0.2, 0.25) is 0 Å². The summed E-state index contributed by atoms with van der Waals surface area (Å²) in [7, 11) is 2.17. The van der Waals surface area contributed by atoms with E-state index in [4.69, 9.17) is 5.11 Å². The van der Waals surface area contributed by atoms with Crippen molar-refractivity contribution in [2.75, 3.05) is 51.3 Å². The van der Waals surface area contributed by atoms with Crippen LogP contribution in [0.25, 0.3) is 5.65 Å². The number of hydrogen-bond donors (Lipinski definition) is 2. The molecule has 3 aromatic rings. The van der Waals surface area contributed by atoms with E-state index in [1.165, 1.54) is 42.8 Å². The summed E-state index contributed by atoms with van der Waals surface area (Å²) in [5, 5.41) is 12.0. The van der Waals surface area contributed by atoms with E-state index in [1.807, 2.05) is 18.3 Å². The molecule has 0 aromatic carbocycles. The number of aryl methyl sites for hydroxylation is 2. The Bertz CT molecular complexity index is 939. The average Bonchev–Trinajstić information content (AvgIpc) is 3.23. The molecule has 166 valence electrons. The Hall–Kier alpha value is -2.48. The van der Waals surface area contributed by atoms with Gasteiger partial charge in [-0.1, -0.05) is 12.1 Å². The molecule has 3 aromatic heterocycles. The predicted octanol–water partition coefficient (Wildman–Crippen LogP) is 2.13. The van der Waals surface area contributed by atoms with Crippen molar-refractivity contribution in [1.29, 1.82) is 0 Å². The summed E-state index contributed by atoms with van der Waals surface area (Å²) in [6.07, 6.45) is 9.08. The summed E-state index contributed by atoms with van der Waals surface area (Å²) < 4.78 is 2.17. The summed E-state index contributed by atoms with van der Waals surface area (Å²) in [4.78, 5) is 13.7. The fourth-order valence-electron chi connectivity index (χ4n) is 4.25. The van der Waals surface area contributed by atoms with Crippen LogP contribution >= 0.6 is 0 Å². The van der Waals surface area contributed by atoms with Crippen LogP contribution in [0, 0.1) is 0 Å². The molecule has 1 fully saturated rings. The molecule has 0 unspecified atom stereocenters. The number of anilines is 1. The van der Waals surface area contributed by atoms with E-state index in [2.05, 4.69) is 60.9 Å². The number of pyridine rings is 2. The SMILES string of the molecule is CN1CCN(c2cccc3nc(CNCCO)cn23)CC1.c1cnc2c(c1)CCCC2. The van der Waals surface area contributed by atoms with Crippen LogP contribution in [0.5, 0.6) is 0 Å². The van der Waals surface area contributed by atoms with Gasteiger partial charge in [-0.3, -0.25) is 9.38 Å². The van der Waals surface area contributed by atoms with Crippen molar-refractivity contribution in [1.82, 2.24) is 24.6 Å². The fraction of sp³-hybridized carbons (Fsp3) is 0.500. The number of aromatic nitrogens is 3. The maximum atomic E-state index is 8.82. The number of rotatable bonds is 5. The molecular weight excluding hydrogens is 388 g/mol. The lowest BCUT2D eigenvalue weighted by atomic mass is 9.96. The monoisotopic (exact) mass is 422 g/mol. The van der Waals surface area contributed by atoms with Crippen LogP contribution in [-0.2, 0) is 19.4 Å². The van der Waals surface area contributed by atoms with Crippen LogP contribution in [-0.4, -0.2) is 70.8 Å². The van der Waals surface area contributed by atoms with Gasteiger partial charge in [0.15, 0.2) is 0 Å². The minimum atomic E-state index is 0.153. The Balaban J connectivity index is 0.000000192. The molecule has 7 heteroatoms. The van der Waals surface area contributed by atoms with Gasteiger partial charge in [0.1, 0.15) is 11.5 Å². The number of nitrogens with zero attached hydrogens (tertiary/aromatic N) is 5. The number of imidazole rings is 1. The molecule has 4 heterocycles. The minimum absolute atomic E-state index is 0.153. The molecule has 2 N–H and O–H groups in total. The Morgan fingerprint density at radius 3 is 2.68 bits per heavy atom. The molecular formula is C24H34N6O. The number of nitrogens with one attached hydrogen (secondary N) is 1. The highest BCUT2D eigenvalue weighted by Gasteiger charge is 2.17. The van der Waals surface area contributed by atoms with E-state index < -0.39 is 0 Å². The molecule has 31 heavy (non-hydrogen) atoms. The molecule has 0 saturated carbocycles. The van der Waals surface area contributed by atoms with Gasteiger partial charge in [0.2, 0.25) is 0 Å². The van der Waals surface area contributed by atoms with Crippen LogP contribution in [0.1, 0.15) is 29.8 Å². The fourth-order valence-corrected chi connectivity index (χ4v) is 4.25. The summed E-state index contributed by atoms with van der Waals surface area (Å²) in [6.45, 7) is 5.72. The molecule has 0 bridgehead atoms. The third-order valence-corrected chi connectivity index (χ3v) is 6.04. The highest BCUT2D eigenvalue weighted by molar-refractivity contribution is 5.52. The molecule has 1 aliphatic heterocycles. The van der Waals surface area contributed by atoms with Crippen molar-refractivity contribution in [3.8, 4) is 0 Å². The lowest BCUT2D eigenvalue weighted by Crippen LogP contribution is -2.45. The lowest BCUT2D eigenvalue weighted by Gasteiger charge is -2.34. The first kappa shape index (κ1) is 21.7. The average molecular weight is 423 g/mol. The molecule has 0 spiro atoms. The molecule has 0 amide bonds. The summed E-state index contributed by atoms with van der Waals surface area (Å²) >= 11 is 0. The first-order chi connectivity index (χ1) is 15.2. The molecule has 2 aliphatic rings. The number of aliphatic hydroxyl groups excluding tert-OH is 1. The second-order valence-electron chi connectivity index (χ2n) is 8.35. The Morgan fingerprint density at radius 2 is 1.87 bits per heavy atom. The van der Waals surface area contributed by atoms with E-state index in [1.54, 1.807) is 0 Å². The second kappa shape index (κ2) is 10.7. The van der Waals surface area contributed by atoms with Gasteiger partial charge in [0.05, 0.1) is 12.3 Å². The van der Waals surface area contributed by atoms with E-state index in [9.17, 15) is 0 Å². The molecule has 1 saturated heterocycles. The number of piperazine rings is 1. The maximum Gasteiger partial charge on any atom is 0.138 e. The topological polar surface area (TPSA) is 68.9 Å². The third kappa shape index (κ3) is 5.61. The van der Waals surface area contributed by atoms with Gasteiger partial charge in [-0.15, -0.1) is 0 Å². The van der Waals surface area contributed by atoms with Gasteiger partial charge in [0, 0.05) is 57.4 Å². The van der Waals surface area contributed by atoms with Gasteiger partial charge in [-0.05, 0) is 56.5 Å². The van der Waals surface area contributed by atoms with E-state index in [0.717, 1.165) is 37.5 Å². The zero-order chi connectivity index (χ0) is 21.5. The van der Waals surface area contributed by atoms with E-state index >= 15 is 0 Å². The highest BCUT2D eigenvalue weighted by Crippen LogP contribution is 2.19. The van der Waals surface area contributed by atoms with E-state index in [0.29, 0.717) is 13.1 Å². The number of aliphatic hydroxyl groups is 1. The van der Waals surface area contributed by atoms with Gasteiger partial charge >= 0.3 is 0 Å². The minimum Gasteiger partial charge on any atom is -0.395 e. The van der Waals surface area contributed by atoms with Gasteiger partial charge in [-0.25, -0.2) is 4.98 Å². The molecule has 1 aliphatic carbocycles. The zero-order valence-corrected chi connectivity index (χ0v) is 18.5. The molecule has 0 radical (unpaired) electrons. The van der Waals surface area contributed by atoms with Gasteiger partial charge < -0.3 is 20.2 Å². The summed E-state index contributed by atoms with van der Waals surface area (Å²) in [6, 6.07) is 10.5. The van der Waals surface area contributed by atoms with E-state index in [-0.39, 0.29) is 6.61 Å². The Labute approximate surface area is 184 Å². The number of likely N-dealkylation sites (N-methyl/N-ethyl adjacent to an activating group) is 1. The third-order valence-electron chi connectivity index (χ3n) is 6.04. The highest BCUT2D eigenvalue weighted by atomic mass is 16.3. The van der Waals surface area contributed by atoms with Gasteiger partial charge in [-0.2, -0.15) is 0 Å². The normalized spacial score (nSPS) is 16.6. The predicted molar refractivity (Wildman–Crippen MR) is 125 cm³/mol. The van der Waals surface area contributed by atoms with Crippen molar-refractivity contribution >= 4 is 11.5 Å². The molecule has 5 rings (SSSR count). The van der Waals surface area contributed by atoms with Crippen LogP contribution < -0.4 is 10.2 Å². The maximum absolute atomic E-state index is 8.82. The Morgan fingerprint density at radius 1 is 1.03 bits per heavy atom. The van der Waals surface area contributed by atoms with Crippen LogP contribution in [0.15, 0.2) is 42.7 Å². The summed E-state index contributed by atoms with van der Waals surface area (Å²) in [5.74, 6) is 1.21. The number of hydrogen-bond acceptors (Lipinski definition) is 6. The van der Waals surface area contributed by atoms with Crippen molar-refractivity contribution in [2.45, 2.75) is 32.2 Å². The van der Waals surface area contributed by atoms with Crippen LogP contribution in [0.4, 0.5) is 5.82 Å². The Kier molecular flexibility index (Phi) is 7.51. The summed E-state index contributed by atoms with van der Waals surface area (Å²) in [5.41, 5.74) is 4.78. The molecule has 0 atom stereocenters. The lowest BCUT2D eigenvalue weighted by molar-refractivity contribution is 0.291. The van der Waals surface area contributed by atoms with Crippen molar-refractivity contribution in [2.24, 2.45) is 0 Å². The largest absolute Gasteiger partial charge is 0.395 e. The van der Waals surface area contributed by atoms with Crippen LogP contribution in [0.3, 0.4) is 0 Å². The molecule has 7 nitrogen and oxygen atoms in total. The first-order valence-electron chi connectivity index (χ1n) is 11.4. The van der Waals surface area contributed by atoms with Crippen molar-refractivity contribution < 1.29 is 5.11 Å². The zero-order valence-electron chi connectivity index (χ0n) is 18.5. The number of fused-ring (bicyclic) bond motifs is 2. The standard InChI is InChI=1S/C15H23N5O.C9H11N/c1-18-6-8-19(9-7-18)15-4-2-3-14-17-13(12-20(14)15)11-16-5-10-21;1-2-6-9-8(4-1)5-3-7-10-9/h2-4,12,16,21H,5-11H2,1H3;3,5,7H,1-2,4,6H2.